The molecule has 0 aromatic heterocycles. The first-order chi connectivity index (χ1) is 7.51. The van der Waals surface area contributed by atoms with Crippen molar-refractivity contribution in [2.45, 2.75) is 31.2 Å². The lowest BCUT2D eigenvalue weighted by atomic mass is 10.2. The number of benzene rings is 1. The summed E-state index contributed by atoms with van der Waals surface area (Å²) in [6.45, 7) is 3.68. The molecule has 0 unspecified atom stereocenters. The Bertz CT molecular complexity index is 503. The van der Waals surface area contributed by atoms with Crippen LogP contribution in [0.4, 0.5) is 0 Å². The van der Waals surface area contributed by atoms with Gasteiger partial charge in [-0.1, -0.05) is 19.1 Å². The van der Waals surface area contributed by atoms with Crippen molar-refractivity contribution in [2.24, 2.45) is 0 Å². The third-order valence-electron chi connectivity index (χ3n) is 2.27. The molecule has 5 heteroatoms. The van der Waals surface area contributed by atoms with Crippen molar-refractivity contribution in [2.75, 3.05) is 0 Å². The van der Waals surface area contributed by atoms with E-state index in [-0.39, 0.29) is 16.5 Å². The number of hydrogen-bond donors (Lipinski definition) is 1. The Balaban J connectivity index is 3.13. The number of nitrogens with zero attached hydrogens (tertiary/aromatic N) is 1. The van der Waals surface area contributed by atoms with Crippen molar-refractivity contribution >= 4 is 10.0 Å². The number of nitrogens with one attached hydrogen (secondary N) is 1. The van der Waals surface area contributed by atoms with E-state index in [0.29, 0.717) is 6.42 Å². The van der Waals surface area contributed by atoms with Gasteiger partial charge in [-0.3, -0.25) is 0 Å². The highest BCUT2D eigenvalue weighted by molar-refractivity contribution is 7.89. The van der Waals surface area contributed by atoms with Gasteiger partial charge >= 0.3 is 0 Å². The van der Waals surface area contributed by atoms with Crippen molar-refractivity contribution in [1.29, 1.82) is 5.26 Å². The lowest BCUT2D eigenvalue weighted by molar-refractivity contribution is 0.555. The molecular weight excluding hydrogens is 224 g/mol. The maximum atomic E-state index is 11.9. The number of sulfonamides is 1. The number of hydrogen-bond acceptors (Lipinski definition) is 3. The Kier molecular flexibility index (Phi) is 4.05. The van der Waals surface area contributed by atoms with E-state index >= 15 is 0 Å². The maximum absolute atomic E-state index is 11.9. The standard InChI is InChI=1S/C11H14N2O2S/c1-3-9(2)13-16(14,15)11-7-5-4-6-10(11)8-12/h4-7,9,13H,3H2,1-2H3/t9-/m0/s1. The summed E-state index contributed by atoms with van der Waals surface area (Å²) in [7, 11) is -3.59. The molecule has 0 heterocycles. The highest BCUT2D eigenvalue weighted by atomic mass is 32.2. The van der Waals surface area contributed by atoms with Gasteiger partial charge in [0.05, 0.1) is 10.5 Å². The van der Waals surface area contributed by atoms with Gasteiger partial charge < -0.3 is 0 Å². The summed E-state index contributed by atoms with van der Waals surface area (Å²) in [5, 5.41) is 8.83. The first-order valence-corrected chi connectivity index (χ1v) is 6.51. The lowest BCUT2D eigenvalue weighted by Crippen LogP contribution is -2.32. The summed E-state index contributed by atoms with van der Waals surface area (Å²) in [5.41, 5.74) is 0.165. The highest BCUT2D eigenvalue weighted by Gasteiger charge is 2.19. The zero-order valence-corrected chi connectivity index (χ0v) is 10.1. The number of rotatable bonds is 4. The molecule has 0 saturated carbocycles. The molecule has 16 heavy (non-hydrogen) atoms. The molecule has 1 aromatic rings. The Labute approximate surface area is 96.0 Å². The molecule has 0 radical (unpaired) electrons. The average Bonchev–Trinajstić information content (AvgIpc) is 2.28. The van der Waals surface area contributed by atoms with Crippen molar-refractivity contribution in [3.63, 3.8) is 0 Å². The molecule has 4 nitrogen and oxygen atoms in total. The number of nitriles is 1. The Hall–Kier alpha value is -1.38. The third kappa shape index (κ3) is 2.81. The van der Waals surface area contributed by atoms with Gasteiger partial charge in [0.2, 0.25) is 10.0 Å². The minimum absolute atomic E-state index is 0.0396. The van der Waals surface area contributed by atoms with Crippen LogP contribution in [0.25, 0.3) is 0 Å². The third-order valence-corrected chi connectivity index (χ3v) is 3.91. The minimum Gasteiger partial charge on any atom is -0.208 e. The van der Waals surface area contributed by atoms with Gasteiger partial charge in [0.1, 0.15) is 6.07 Å². The fourth-order valence-corrected chi connectivity index (χ4v) is 2.69. The molecule has 86 valence electrons. The molecule has 0 aliphatic rings. The van der Waals surface area contributed by atoms with Crippen LogP contribution in [-0.4, -0.2) is 14.5 Å². The van der Waals surface area contributed by atoms with E-state index in [0.717, 1.165) is 0 Å². The van der Waals surface area contributed by atoms with Crippen molar-refractivity contribution in [3.05, 3.63) is 29.8 Å². The Morgan fingerprint density at radius 1 is 1.44 bits per heavy atom. The van der Waals surface area contributed by atoms with Gasteiger partial charge in [0.25, 0.3) is 0 Å². The normalized spacial score (nSPS) is 13.1. The van der Waals surface area contributed by atoms with Gasteiger partial charge in [-0.05, 0) is 25.5 Å². The second-order valence-electron chi connectivity index (χ2n) is 3.54. The molecule has 1 aromatic carbocycles. The quantitative estimate of drug-likeness (QED) is 0.866. The van der Waals surface area contributed by atoms with E-state index in [2.05, 4.69) is 4.72 Å². The van der Waals surface area contributed by atoms with Crippen LogP contribution < -0.4 is 4.72 Å². The Morgan fingerprint density at radius 2 is 2.06 bits per heavy atom. The van der Waals surface area contributed by atoms with E-state index in [1.165, 1.54) is 12.1 Å². The fraction of sp³-hybridized carbons (Fsp3) is 0.364. The molecule has 0 spiro atoms. The van der Waals surface area contributed by atoms with Crippen LogP contribution in [-0.2, 0) is 10.0 Å². The van der Waals surface area contributed by atoms with E-state index < -0.39 is 10.0 Å². The van der Waals surface area contributed by atoms with Gasteiger partial charge in [0.15, 0.2) is 0 Å². The van der Waals surface area contributed by atoms with Crippen LogP contribution >= 0.6 is 0 Å². The molecule has 0 aliphatic carbocycles. The smallest absolute Gasteiger partial charge is 0.208 e. The van der Waals surface area contributed by atoms with Crippen molar-refractivity contribution in [3.8, 4) is 6.07 Å². The van der Waals surface area contributed by atoms with Crippen LogP contribution in [0.15, 0.2) is 29.2 Å². The summed E-state index contributed by atoms with van der Waals surface area (Å²) >= 11 is 0. The average molecular weight is 238 g/mol. The van der Waals surface area contributed by atoms with Crippen LogP contribution in [0.5, 0.6) is 0 Å². The Morgan fingerprint density at radius 3 is 2.62 bits per heavy atom. The summed E-state index contributed by atoms with van der Waals surface area (Å²) in [6.07, 6.45) is 0.702. The first kappa shape index (κ1) is 12.7. The molecule has 0 bridgehead atoms. The van der Waals surface area contributed by atoms with Crippen LogP contribution in [0, 0.1) is 11.3 Å². The SMILES string of the molecule is CC[C@H](C)NS(=O)(=O)c1ccccc1C#N. The van der Waals surface area contributed by atoms with Gasteiger partial charge in [-0.25, -0.2) is 13.1 Å². The maximum Gasteiger partial charge on any atom is 0.242 e. The predicted molar refractivity (Wildman–Crippen MR) is 61.2 cm³/mol. The van der Waals surface area contributed by atoms with Crippen LogP contribution in [0.2, 0.25) is 0 Å². The summed E-state index contributed by atoms with van der Waals surface area (Å²) in [4.78, 5) is 0.0396. The monoisotopic (exact) mass is 238 g/mol. The molecule has 0 aliphatic heterocycles. The van der Waals surface area contributed by atoms with Crippen molar-refractivity contribution < 1.29 is 8.42 Å². The minimum atomic E-state index is -3.59. The van der Waals surface area contributed by atoms with Crippen molar-refractivity contribution in [1.82, 2.24) is 4.72 Å². The van der Waals surface area contributed by atoms with Gasteiger partial charge in [-0.15, -0.1) is 0 Å². The van der Waals surface area contributed by atoms with E-state index in [9.17, 15) is 8.42 Å². The van der Waals surface area contributed by atoms with E-state index in [1.807, 2.05) is 13.0 Å². The summed E-state index contributed by atoms with van der Waals surface area (Å²) in [5.74, 6) is 0. The summed E-state index contributed by atoms with van der Waals surface area (Å²) < 4.78 is 26.4. The van der Waals surface area contributed by atoms with Gasteiger partial charge in [-0.2, -0.15) is 5.26 Å². The molecule has 0 amide bonds. The van der Waals surface area contributed by atoms with Crippen LogP contribution in [0.1, 0.15) is 25.8 Å². The first-order valence-electron chi connectivity index (χ1n) is 5.02. The predicted octanol–water partition coefficient (Wildman–Crippen LogP) is 1.64. The molecule has 0 saturated heterocycles. The fourth-order valence-electron chi connectivity index (χ4n) is 1.21. The molecule has 1 atom stereocenters. The molecular formula is C11H14N2O2S. The zero-order chi connectivity index (χ0) is 12.2. The second kappa shape index (κ2) is 5.10. The largest absolute Gasteiger partial charge is 0.242 e. The summed E-state index contributed by atoms with van der Waals surface area (Å²) in [6, 6.07) is 7.90. The lowest BCUT2D eigenvalue weighted by Gasteiger charge is -2.12. The second-order valence-corrected chi connectivity index (χ2v) is 5.22. The molecule has 1 rings (SSSR count). The highest BCUT2D eigenvalue weighted by Crippen LogP contribution is 2.14. The van der Waals surface area contributed by atoms with Gasteiger partial charge in [0, 0.05) is 6.04 Å². The molecule has 1 N–H and O–H groups in total. The zero-order valence-electron chi connectivity index (χ0n) is 9.27. The topological polar surface area (TPSA) is 70.0 Å². The van der Waals surface area contributed by atoms with E-state index in [4.69, 9.17) is 5.26 Å². The van der Waals surface area contributed by atoms with E-state index in [1.54, 1.807) is 19.1 Å². The molecule has 0 fully saturated rings. The van der Waals surface area contributed by atoms with Crippen LogP contribution in [0.3, 0.4) is 0 Å².